The number of halogens is 1. The average molecular weight is 421 g/mol. The molecule has 0 aromatic heterocycles. The van der Waals surface area contributed by atoms with Crippen molar-refractivity contribution in [2.75, 3.05) is 33.4 Å². The second-order valence-electron chi connectivity index (χ2n) is 7.91. The molecule has 1 unspecified atom stereocenters. The molecule has 0 spiro atoms. The summed E-state index contributed by atoms with van der Waals surface area (Å²) in [5.41, 5.74) is -0.692. The molecule has 7 heteroatoms. The lowest BCUT2D eigenvalue weighted by atomic mass is 9.75. The van der Waals surface area contributed by atoms with Gasteiger partial charge in [0.15, 0.2) is 0 Å². The van der Waals surface area contributed by atoms with Gasteiger partial charge in [-0.25, -0.2) is 0 Å². The first-order valence-corrected chi connectivity index (χ1v) is 10.7. The van der Waals surface area contributed by atoms with Crippen molar-refractivity contribution in [1.29, 1.82) is 0 Å². The molecule has 2 aliphatic rings. The van der Waals surface area contributed by atoms with Crippen LogP contribution in [0.25, 0.3) is 0 Å². The monoisotopic (exact) mass is 420 g/mol. The molecule has 1 aromatic rings. The summed E-state index contributed by atoms with van der Waals surface area (Å²) in [5, 5.41) is 0.405. The Labute approximate surface area is 177 Å². The van der Waals surface area contributed by atoms with Gasteiger partial charge in [-0.3, -0.25) is 19.3 Å². The Balaban J connectivity index is 1.92. The van der Waals surface area contributed by atoms with Crippen molar-refractivity contribution >= 4 is 29.3 Å². The Morgan fingerprint density at radius 3 is 2.41 bits per heavy atom. The van der Waals surface area contributed by atoms with Crippen LogP contribution >= 0.6 is 11.6 Å². The van der Waals surface area contributed by atoms with Gasteiger partial charge in [0.25, 0.3) is 0 Å². The molecular weight excluding hydrogens is 392 g/mol. The van der Waals surface area contributed by atoms with Crippen LogP contribution in [0.1, 0.15) is 50.5 Å². The number of hydrogen-bond acceptors (Lipinski definition) is 4. The summed E-state index contributed by atoms with van der Waals surface area (Å²) in [5.74, 6) is -0.720. The van der Waals surface area contributed by atoms with E-state index < -0.39 is 5.41 Å². The molecule has 1 aromatic carbocycles. The molecule has 2 aliphatic heterocycles. The second-order valence-corrected chi connectivity index (χ2v) is 8.31. The third-order valence-electron chi connectivity index (χ3n) is 5.98. The molecule has 3 rings (SSSR count). The lowest BCUT2D eigenvalue weighted by molar-refractivity contribution is -0.143. The molecule has 1 atom stereocenters. The number of nitrogens with zero attached hydrogens (tertiary/aromatic N) is 2. The van der Waals surface area contributed by atoms with E-state index in [4.69, 9.17) is 16.3 Å². The predicted octanol–water partition coefficient (Wildman–Crippen LogP) is 3.17. The number of carbonyl (C=O) groups excluding carboxylic acids is 3. The second kappa shape index (κ2) is 9.72. The maximum atomic E-state index is 13.5. The Bertz CT molecular complexity index is 761. The van der Waals surface area contributed by atoms with Crippen LogP contribution in [0.2, 0.25) is 5.02 Å². The van der Waals surface area contributed by atoms with Crippen molar-refractivity contribution in [2.45, 2.75) is 50.4 Å². The van der Waals surface area contributed by atoms with Gasteiger partial charge in [-0.05, 0) is 24.5 Å². The zero-order valence-corrected chi connectivity index (χ0v) is 17.7. The molecule has 158 valence electrons. The molecule has 6 nitrogen and oxygen atoms in total. The van der Waals surface area contributed by atoms with E-state index in [-0.39, 0.29) is 43.7 Å². The molecule has 2 heterocycles. The molecule has 0 radical (unpaired) electrons. The van der Waals surface area contributed by atoms with E-state index in [0.29, 0.717) is 23.7 Å². The molecule has 2 saturated heterocycles. The van der Waals surface area contributed by atoms with Gasteiger partial charge in [-0.1, -0.05) is 49.1 Å². The molecule has 2 fully saturated rings. The number of carbonyl (C=O) groups is 3. The van der Waals surface area contributed by atoms with Gasteiger partial charge in [0.2, 0.25) is 17.7 Å². The predicted molar refractivity (Wildman–Crippen MR) is 111 cm³/mol. The van der Waals surface area contributed by atoms with E-state index in [2.05, 4.69) is 0 Å². The van der Waals surface area contributed by atoms with Gasteiger partial charge in [0, 0.05) is 38.1 Å². The smallest absolute Gasteiger partial charge is 0.241 e. The maximum absolute atomic E-state index is 13.5. The highest BCUT2D eigenvalue weighted by Crippen LogP contribution is 2.43. The standard InChI is InChI=1S/C22H29ClN2O4/c1-29-14-13-25-20(27)16-22(21(25)28,17-9-5-6-10-18(17)23)15-19(26)24-11-7-3-2-4-8-12-24/h5-6,9-10H,2-4,7-8,11-16H2,1H3. The van der Waals surface area contributed by atoms with E-state index in [1.54, 1.807) is 24.3 Å². The molecule has 0 aliphatic carbocycles. The Hall–Kier alpha value is -1.92. The fraction of sp³-hybridized carbons (Fsp3) is 0.591. The van der Waals surface area contributed by atoms with Crippen molar-refractivity contribution in [3.05, 3.63) is 34.9 Å². The molecule has 0 bridgehead atoms. The van der Waals surface area contributed by atoms with Crippen molar-refractivity contribution in [1.82, 2.24) is 9.80 Å². The summed E-state index contributed by atoms with van der Waals surface area (Å²) < 4.78 is 5.05. The van der Waals surface area contributed by atoms with E-state index in [1.165, 1.54) is 18.4 Å². The lowest BCUT2D eigenvalue weighted by Gasteiger charge is -2.32. The van der Waals surface area contributed by atoms with Gasteiger partial charge >= 0.3 is 0 Å². The number of benzene rings is 1. The summed E-state index contributed by atoms with van der Waals surface area (Å²) in [7, 11) is 1.53. The Morgan fingerprint density at radius 2 is 1.76 bits per heavy atom. The van der Waals surface area contributed by atoms with Crippen molar-refractivity contribution < 1.29 is 19.1 Å². The fourth-order valence-corrected chi connectivity index (χ4v) is 4.69. The summed E-state index contributed by atoms with van der Waals surface area (Å²) >= 11 is 6.44. The molecule has 29 heavy (non-hydrogen) atoms. The number of likely N-dealkylation sites (tertiary alicyclic amines) is 2. The van der Waals surface area contributed by atoms with E-state index in [1.807, 2.05) is 4.90 Å². The molecule has 3 amide bonds. The van der Waals surface area contributed by atoms with Crippen LogP contribution in [0.3, 0.4) is 0 Å². The van der Waals surface area contributed by atoms with Crippen LogP contribution in [-0.2, 0) is 24.5 Å². The van der Waals surface area contributed by atoms with E-state index in [0.717, 1.165) is 25.7 Å². The quantitative estimate of drug-likeness (QED) is 0.663. The first-order chi connectivity index (χ1) is 14.0. The van der Waals surface area contributed by atoms with Crippen LogP contribution in [0.4, 0.5) is 0 Å². The zero-order chi connectivity index (χ0) is 20.9. The normalized spacial score (nSPS) is 23.2. The summed E-state index contributed by atoms with van der Waals surface area (Å²) in [6, 6.07) is 7.03. The number of hydrogen-bond donors (Lipinski definition) is 0. The topological polar surface area (TPSA) is 66.9 Å². The average Bonchev–Trinajstić information content (AvgIpc) is 2.90. The number of methoxy groups -OCH3 is 1. The summed E-state index contributed by atoms with van der Waals surface area (Å²) in [4.78, 5) is 42.5. The van der Waals surface area contributed by atoms with Gasteiger partial charge < -0.3 is 9.64 Å². The number of amides is 3. The first-order valence-electron chi connectivity index (χ1n) is 10.4. The van der Waals surface area contributed by atoms with Crippen LogP contribution < -0.4 is 0 Å². The lowest BCUT2D eigenvalue weighted by Crippen LogP contribution is -2.44. The van der Waals surface area contributed by atoms with Crippen LogP contribution in [-0.4, -0.2) is 60.9 Å². The first kappa shape index (κ1) is 21.8. The highest BCUT2D eigenvalue weighted by atomic mass is 35.5. The minimum absolute atomic E-state index is 0.0369. The van der Waals surface area contributed by atoms with Crippen molar-refractivity contribution in [3.63, 3.8) is 0 Å². The number of rotatable bonds is 6. The molecule has 0 N–H and O–H groups in total. The fourth-order valence-electron chi connectivity index (χ4n) is 4.37. The number of imide groups is 1. The molecule has 0 saturated carbocycles. The van der Waals surface area contributed by atoms with E-state index in [9.17, 15) is 14.4 Å². The Kier molecular flexibility index (Phi) is 7.30. The van der Waals surface area contributed by atoms with Gasteiger partial charge in [0.1, 0.15) is 0 Å². The van der Waals surface area contributed by atoms with Crippen LogP contribution in [0.15, 0.2) is 24.3 Å². The zero-order valence-electron chi connectivity index (χ0n) is 17.0. The maximum Gasteiger partial charge on any atom is 0.241 e. The minimum atomic E-state index is -1.25. The SMILES string of the molecule is COCCN1C(=O)CC(CC(=O)N2CCCCCCC2)(c2ccccc2Cl)C1=O. The van der Waals surface area contributed by atoms with Crippen LogP contribution in [0.5, 0.6) is 0 Å². The highest BCUT2D eigenvalue weighted by molar-refractivity contribution is 6.32. The summed E-state index contributed by atoms with van der Waals surface area (Å²) in [6.45, 7) is 1.84. The number of ether oxygens (including phenoxy) is 1. The summed E-state index contributed by atoms with van der Waals surface area (Å²) in [6.07, 6.45) is 5.29. The third-order valence-corrected chi connectivity index (χ3v) is 6.31. The largest absolute Gasteiger partial charge is 0.383 e. The minimum Gasteiger partial charge on any atom is -0.383 e. The van der Waals surface area contributed by atoms with E-state index >= 15 is 0 Å². The van der Waals surface area contributed by atoms with Gasteiger partial charge in [0.05, 0.1) is 18.6 Å². The van der Waals surface area contributed by atoms with Crippen molar-refractivity contribution in [2.24, 2.45) is 0 Å². The third kappa shape index (κ3) is 4.64. The van der Waals surface area contributed by atoms with Crippen molar-refractivity contribution in [3.8, 4) is 0 Å². The van der Waals surface area contributed by atoms with Gasteiger partial charge in [-0.15, -0.1) is 0 Å². The van der Waals surface area contributed by atoms with Crippen LogP contribution in [0, 0.1) is 0 Å². The van der Waals surface area contributed by atoms with Gasteiger partial charge in [-0.2, -0.15) is 0 Å². The Morgan fingerprint density at radius 1 is 1.10 bits per heavy atom. The molecular formula is C22H29ClN2O4. The highest BCUT2D eigenvalue weighted by Gasteiger charge is 2.54.